The Morgan fingerprint density at radius 1 is 1.18 bits per heavy atom. The topological polar surface area (TPSA) is 17.1 Å². The lowest BCUT2D eigenvalue weighted by Gasteiger charge is -2.03. The van der Waals surface area contributed by atoms with Crippen LogP contribution >= 0.6 is 0 Å². The molecule has 90 valence electrons. The third-order valence-corrected chi connectivity index (χ3v) is 2.82. The highest BCUT2D eigenvalue weighted by Gasteiger charge is 2.17. The molecule has 0 amide bonds. The van der Waals surface area contributed by atoms with Gasteiger partial charge in [0, 0.05) is 11.1 Å². The van der Waals surface area contributed by atoms with Crippen LogP contribution < -0.4 is 0 Å². The van der Waals surface area contributed by atoms with Gasteiger partial charge >= 0.3 is 6.43 Å². The summed E-state index contributed by atoms with van der Waals surface area (Å²) in [7, 11) is -1.44. The standard InChI is InChI=1S/C13H14F2OSi/c1-17(2,3)9-8-10-4-6-11(7-5-10)12(16)13(14)15/h4-7,13H,1-3H3. The van der Waals surface area contributed by atoms with Gasteiger partial charge in [-0.1, -0.05) is 25.6 Å². The number of benzene rings is 1. The highest BCUT2D eigenvalue weighted by molar-refractivity contribution is 6.83. The van der Waals surface area contributed by atoms with E-state index in [2.05, 4.69) is 31.1 Å². The largest absolute Gasteiger partial charge is 0.300 e. The number of Topliss-reactive ketones (excluding diaryl/α,β-unsaturated/α-hetero) is 1. The van der Waals surface area contributed by atoms with Crippen molar-refractivity contribution in [3.05, 3.63) is 35.4 Å². The van der Waals surface area contributed by atoms with E-state index in [0.717, 1.165) is 5.56 Å². The number of carbonyl (C=O) groups is 1. The van der Waals surface area contributed by atoms with Gasteiger partial charge in [-0.3, -0.25) is 4.79 Å². The van der Waals surface area contributed by atoms with Crippen LogP contribution in [0, 0.1) is 11.5 Å². The molecule has 0 atom stereocenters. The molecule has 0 saturated carbocycles. The molecule has 4 heteroatoms. The second-order valence-corrected chi connectivity index (χ2v) is 9.49. The molecule has 0 aliphatic rings. The lowest BCUT2D eigenvalue weighted by Crippen LogP contribution is -2.16. The lowest BCUT2D eigenvalue weighted by molar-refractivity contribution is 0.0679. The van der Waals surface area contributed by atoms with Gasteiger partial charge in [-0.25, -0.2) is 8.78 Å². The van der Waals surface area contributed by atoms with Gasteiger partial charge in [-0.05, 0) is 24.3 Å². The number of rotatable bonds is 2. The number of carbonyl (C=O) groups excluding carboxylic acids is 1. The summed E-state index contributed by atoms with van der Waals surface area (Å²) in [5, 5.41) is 0. The molecule has 17 heavy (non-hydrogen) atoms. The molecule has 0 unspecified atom stereocenters. The van der Waals surface area contributed by atoms with Crippen LogP contribution in [0.2, 0.25) is 19.6 Å². The van der Waals surface area contributed by atoms with Crippen LogP contribution in [-0.4, -0.2) is 20.3 Å². The first-order chi connectivity index (χ1) is 7.79. The normalized spacial score (nSPS) is 10.9. The Morgan fingerprint density at radius 2 is 1.71 bits per heavy atom. The monoisotopic (exact) mass is 252 g/mol. The van der Waals surface area contributed by atoms with E-state index in [9.17, 15) is 13.6 Å². The molecule has 1 aromatic rings. The summed E-state index contributed by atoms with van der Waals surface area (Å²) in [5.41, 5.74) is 3.94. The average molecular weight is 252 g/mol. The molecule has 0 N–H and O–H groups in total. The Kier molecular flexibility index (Phi) is 4.19. The van der Waals surface area contributed by atoms with E-state index in [1.165, 1.54) is 12.1 Å². The Balaban J connectivity index is 2.88. The van der Waals surface area contributed by atoms with Crippen molar-refractivity contribution >= 4 is 13.9 Å². The predicted octanol–water partition coefficient (Wildman–Crippen LogP) is 3.36. The molecule has 0 radical (unpaired) electrons. The van der Waals surface area contributed by atoms with Crippen LogP contribution in [0.25, 0.3) is 0 Å². The molecular formula is C13H14F2OSi. The Hall–Kier alpha value is -1.47. The van der Waals surface area contributed by atoms with Crippen molar-refractivity contribution in [3.63, 3.8) is 0 Å². The van der Waals surface area contributed by atoms with Crippen LogP contribution in [0.3, 0.4) is 0 Å². The molecular weight excluding hydrogens is 238 g/mol. The quantitative estimate of drug-likeness (QED) is 0.448. The van der Waals surface area contributed by atoms with Gasteiger partial charge < -0.3 is 0 Å². The lowest BCUT2D eigenvalue weighted by atomic mass is 10.1. The van der Waals surface area contributed by atoms with E-state index >= 15 is 0 Å². The van der Waals surface area contributed by atoms with Crippen LogP contribution in [0.15, 0.2) is 24.3 Å². The minimum Gasteiger partial charge on any atom is -0.288 e. The van der Waals surface area contributed by atoms with Gasteiger partial charge in [0.2, 0.25) is 5.78 Å². The molecule has 0 bridgehead atoms. The smallest absolute Gasteiger partial charge is 0.288 e. The van der Waals surface area contributed by atoms with Gasteiger partial charge in [-0.2, -0.15) is 0 Å². The maximum Gasteiger partial charge on any atom is 0.300 e. The first-order valence-corrected chi connectivity index (χ1v) is 8.75. The maximum absolute atomic E-state index is 12.1. The Bertz CT molecular complexity index is 461. The van der Waals surface area contributed by atoms with Gasteiger partial charge in [0.15, 0.2) is 0 Å². The second kappa shape index (κ2) is 5.24. The molecule has 0 aromatic heterocycles. The summed E-state index contributed by atoms with van der Waals surface area (Å²) in [5.74, 6) is 1.85. The Labute approximate surface area is 101 Å². The molecule has 0 saturated heterocycles. The van der Waals surface area contributed by atoms with Crippen molar-refractivity contribution in [3.8, 4) is 11.5 Å². The molecule has 0 aliphatic heterocycles. The number of ketones is 1. The van der Waals surface area contributed by atoms with Crippen molar-refractivity contribution in [1.29, 1.82) is 0 Å². The van der Waals surface area contributed by atoms with Crippen molar-refractivity contribution < 1.29 is 13.6 Å². The minimum atomic E-state index is -2.95. The van der Waals surface area contributed by atoms with Gasteiger partial charge in [0.25, 0.3) is 0 Å². The summed E-state index contributed by atoms with van der Waals surface area (Å²) in [6.45, 7) is 6.36. The van der Waals surface area contributed by atoms with E-state index in [4.69, 9.17) is 0 Å². The highest BCUT2D eigenvalue weighted by Crippen LogP contribution is 2.09. The van der Waals surface area contributed by atoms with Crippen molar-refractivity contribution in [1.82, 2.24) is 0 Å². The van der Waals surface area contributed by atoms with Gasteiger partial charge in [0.05, 0.1) is 0 Å². The summed E-state index contributed by atoms with van der Waals surface area (Å²) in [6, 6.07) is 5.98. The minimum absolute atomic E-state index is 0.0264. The van der Waals surface area contributed by atoms with Crippen LogP contribution in [0.1, 0.15) is 15.9 Å². The zero-order chi connectivity index (χ0) is 13.1. The zero-order valence-corrected chi connectivity index (χ0v) is 11.1. The van der Waals surface area contributed by atoms with Crippen molar-refractivity contribution in [2.45, 2.75) is 26.1 Å². The maximum atomic E-state index is 12.1. The van der Waals surface area contributed by atoms with Crippen LogP contribution in [0.5, 0.6) is 0 Å². The van der Waals surface area contributed by atoms with E-state index in [1.54, 1.807) is 12.1 Å². The van der Waals surface area contributed by atoms with Crippen LogP contribution in [-0.2, 0) is 0 Å². The molecule has 0 fully saturated rings. The van der Waals surface area contributed by atoms with E-state index < -0.39 is 20.3 Å². The van der Waals surface area contributed by atoms with E-state index in [1.807, 2.05) is 0 Å². The van der Waals surface area contributed by atoms with E-state index in [0.29, 0.717) is 0 Å². The fraction of sp³-hybridized carbons (Fsp3) is 0.308. The summed E-state index contributed by atoms with van der Waals surface area (Å²) in [6.07, 6.45) is -2.95. The van der Waals surface area contributed by atoms with Crippen molar-refractivity contribution in [2.24, 2.45) is 0 Å². The summed E-state index contributed by atoms with van der Waals surface area (Å²) >= 11 is 0. The van der Waals surface area contributed by atoms with Gasteiger partial charge in [0.1, 0.15) is 8.07 Å². The SMILES string of the molecule is C[Si](C)(C)C#Cc1ccc(C(=O)C(F)F)cc1. The molecule has 1 nitrogen and oxygen atoms in total. The summed E-state index contributed by atoms with van der Waals surface area (Å²) < 4.78 is 24.3. The third kappa shape index (κ3) is 4.49. The molecule has 1 aromatic carbocycles. The van der Waals surface area contributed by atoms with Gasteiger partial charge in [-0.15, -0.1) is 5.54 Å². The van der Waals surface area contributed by atoms with Crippen LogP contribution in [0.4, 0.5) is 8.78 Å². The van der Waals surface area contributed by atoms with Crippen molar-refractivity contribution in [2.75, 3.05) is 0 Å². The predicted molar refractivity (Wildman–Crippen MR) is 67.0 cm³/mol. The molecule has 0 spiro atoms. The highest BCUT2D eigenvalue weighted by atomic mass is 28.3. The fourth-order valence-corrected chi connectivity index (χ4v) is 1.62. The summed E-state index contributed by atoms with van der Waals surface area (Å²) in [4.78, 5) is 11.0. The third-order valence-electron chi connectivity index (χ3n) is 1.95. The number of alkyl halides is 2. The molecule has 1 rings (SSSR count). The number of hydrogen-bond acceptors (Lipinski definition) is 1. The average Bonchev–Trinajstić information content (AvgIpc) is 2.25. The fourth-order valence-electron chi connectivity index (χ4n) is 1.10. The first-order valence-electron chi connectivity index (χ1n) is 5.25. The zero-order valence-electron chi connectivity index (χ0n) is 10.1. The molecule has 0 aliphatic carbocycles. The first kappa shape index (κ1) is 13.6. The number of halogens is 2. The second-order valence-electron chi connectivity index (χ2n) is 4.74. The molecule has 0 heterocycles. The number of hydrogen-bond donors (Lipinski definition) is 0. The van der Waals surface area contributed by atoms with E-state index in [-0.39, 0.29) is 5.56 Å². The Morgan fingerprint density at radius 3 is 2.12 bits per heavy atom.